The summed E-state index contributed by atoms with van der Waals surface area (Å²) >= 11 is 1.86. The molecule has 0 aromatic rings. The van der Waals surface area contributed by atoms with E-state index in [-0.39, 0.29) is 11.9 Å². The molecule has 0 aromatic carbocycles. The molecule has 1 saturated heterocycles. The highest BCUT2D eigenvalue weighted by Gasteiger charge is 2.23. The SMILES string of the molecule is CCN(CC(C)C(=O)O)C(=O)CC1CSCCN1. The first-order valence-corrected chi connectivity index (χ1v) is 7.51. The van der Waals surface area contributed by atoms with E-state index >= 15 is 0 Å². The first kappa shape index (κ1) is 15.3. The Morgan fingerprint density at radius 1 is 1.56 bits per heavy atom. The molecule has 0 spiro atoms. The second-order valence-electron chi connectivity index (χ2n) is 4.60. The summed E-state index contributed by atoms with van der Waals surface area (Å²) in [6, 6.07) is 0.227. The number of nitrogens with zero attached hydrogens (tertiary/aromatic N) is 1. The summed E-state index contributed by atoms with van der Waals surface area (Å²) in [4.78, 5) is 24.5. The zero-order chi connectivity index (χ0) is 13.5. The van der Waals surface area contributed by atoms with Gasteiger partial charge in [-0.15, -0.1) is 0 Å². The van der Waals surface area contributed by atoms with Crippen LogP contribution in [0.3, 0.4) is 0 Å². The van der Waals surface area contributed by atoms with Crippen LogP contribution in [0.2, 0.25) is 0 Å². The van der Waals surface area contributed by atoms with Crippen LogP contribution >= 0.6 is 11.8 Å². The van der Waals surface area contributed by atoms with Crippen molar-refractivity contribution >= 4 is 23.6 Å². The third kappa shape index (κ3) is 4.86. The van der Waals surface area contributed by atoms with Gasteiger partial charge >= 0.3 is 5.97 Å². The molecule has 2 atom stereocenters. The van der Waals surface area contributed by atoms with Crippen LogP contribution in [-0.4, -0.2) is 59.1 Å². The number of amides is 1. The highest BCUT2D eigenvalue weighted by Crippen LogP contribution is 2.12. The molecule has 1 aliphatic heterocycles. The van der Waals surface area contributed by atoms with E-state index in [0.29, 0.717) is 19.5 Å². The van der Waals surface area contributed by atoms with Gasteiger partial charge in [-0.05, 0) is 6.92 Å². The van der Waals surface area contributed by atoms with Crippen LogP contribution < -0.4 is 5.32 Å². The third-order valence-electron chi connectivity index (χ3n) is 3.07. The van der Waals surface area contributed by atoms with Crippen molar-refractivity contribution in [2.24, 2.45) is 5.92 Å². The van der Waals surface area contributed by atoms with Crippen LogP contribution in [-0.2, 0) is 9.59 Å². The van der Waals surface area contributed by atoms with Gasteiger partial charge in [0.05, 0.1) is 5.92 Å². The first-order valence-electron chi connectivity index (χ1n) is 6.36. The summed E-state index contributed by atoms with van der Waals surface area (Å²) in [6.07, 6.45) is 0.465. The number of carboxylic acid groups (broad SMARTS) is 1. The van der Waals surface area contributed by atoms with E-state index in [1.54, 1.807) is 11.8 Å². The fourth-order valence-corrected chi connectivity index (χ4v) is 2.86. The average molecular weight is 274 g/mol. The molecule has 0 radical (unpaired) electrons. The number of carbonyl (C=O) groups is 2. The van der Waals surface area contributed by atoms with E-state index in [2.05, 4.69) is 5.32 Å². The van der Waals surface area contributed by atoms with Gasteiger partial charge in [0, 0.05) is 43.6 Å². The molecule has 6 heteroatoms. The molecule has 0 bridgehead atoms. The summed E-state index contributed by atoms with van der Waals surface area (Å²) in [7, 11) is 0. The number of carboxylic acids is 1. The fraction of sp³-hybridized carbons (Fsp3) is 0.833. The van der Waals surface area contributed by atoms with Crippen LogP contribution in [0.1, 0.15) is 20.3 Å². The van der Waals surface area contributed by atoms with Crippen LogP contribution in [0.15, 0.2) is 0 Å². The predicted octanol–water partition coefficient (Wildman–Crippen LogP) is 0.651. The number of nitrogens with one attached hydrogen (secondary N) is 1. The molecule has 1 aliphatic rings. The summed E-state index contributed by atoms with van der Waals surface area (Å²) in [5.41, 5.74) is 0. The van der Waals surface area contributed by atoms with Gasteiger partial charge in [0.2, 0.25) is 5.91 Å². The minimum absolute atomic E-state index is 0.0469. The van der Waals surface area contributed by atoms with Crippen LogP contribution in [0.25, 0.3) is 0 Å². The van der Waals surface area contributed by atoms with Gasteiger partial charge in [0.15, 0.2) is 0 Å². The van der Waals surface area contributed by atoms with Crippen LogP contribution in [0.5, 0.6) is 0 Å². The number of hydrogen-bond donors (Lipinski definition) is 2. The van der Waals surface area contributed by atoms with E-state index in [0.717, 1.165) is 18.1 Å². The maximum absolute atomic E-state index is 12.1. The van der Waals surface area contributed by atoms with Crippen molar-refractivity contribution in [3.8, 4) is 0 Å². The lowest BCUT2D eigenvalue weighted by Gasteiger charge is -2.27. The van der Waals surface area contributed by atoms with Crippen molar-refractivity contribution in [2.75, 3.05) is 31.1 Å². The molecule has 1 heterocycles. The molecule has 2 unspecified atom stereocenters. The Morgan fingerprint density at radius 3 is 2.78 bits per heavy atom. The van der Waals surface area contributed by atoms with Crippen molar-refractivity contribution in [2.45, 2.75) is 26.3 Å². The first-order chi connectivity index (χ1) is 8.54. The normalized spacial score (nSPS) is 21.3. The Morgan fingerprint density at radius 2 is 2.28 bits per heavy atom. The number of hydrogen-bond acceptors (Lipinski definition) is 4. The Labute approximate surface area is 112 Å². The van der Waals surface area contributed by atoms with E-state index in [9.17, 15) is 9.59 Å². The quantitative estimate of drug-likeness (QED) is 0.744. The molecular formula is C12H22N2O3S. The molecule has 2 N–H and O–H groups in total. The molecule has 5 nitrogen and oxygen atoms in total. The van der Waals surface area contributed by atoms with Gasteiger partial charge in [-0.1, -0.05) is 6.92 Å². The van der Waals surface area contributed by atoms with Gasteiger partial charge < -0.3 is 15.3 Å². The second-order valence-corrected chi connectivity index (χ2v) is 5.75. The lowest BCUT2D eigenvalue weighted by Crippen LogP contribution is -2.44. The van der Waals surface area contributed by atoms with Crippen molar-refractivity contribution in [1.29, 1.82) is 0 Å². The maximum Gasteiger partial charge on any atom is 0.308 e. The molecule has 1 fully saturated rings. The second kappa shape index (κ2) is 7.63. The molecule has 0 saturated carbocycles. The highest BCUT2D eigenvalue weighted by atomic mass is 32.2. The average Bonchev–Trinajstić information content (AvgIpc) is 2.36. The maximum atomic E-state index is 12.1. The van der Waals surface area contributed by atoms with Crippen LogP contribution in [0.4, 0.5) is 0 Å². The molecule has 18 heavy (non-hydrogen) atoms. The molecule has 104 valence electrons. The zero-order valence-electron chi connectivity index (χ0n) is 11.0. The number of thioether (sulfide) groups is 1. The molecular weight excluding hydrogens is 252 g/mol. The van der Waals surface area contributed by atoms with E-state index in [1.165, 1.54) is 0 Å². The van der Waals surface area contributed by atoms with Gasteiger partial charge in [-0.2, -0.15) is 11.8 Å². The third-order valence-corrected chi connectivity index (χ3v) is 4.20. The largest absolute Gasteiger partial charge is 0.481 e. The topological polar surface area (TPSA) is 69.6 Å². The molecule has 0 aliphatic carbocycles. The minimum atomic E-state index is -0.854. The van der Waals surface area contributed by atoms with E-state index in [4.69, 9.17) is 5.11 Å². The molecule has 1 rings (SSSR count). The summed E-state index contributed by atoms with van der Waals surface area (Å²) in [5, 5.41) is 12.2. The Balaban J connectivity index is 2.43. The Bertz CT molecular complexity index is 293. The van der Waals surface area contributed by atoms with Crippen molar-refractivity contribution < 1.29 is 14.7 Å². The standard InChI is InChI=1S/C12H22N2O3S/c1-3-14(7-9(2)12(16)17)11(15)6-10-8-18-5-4-13-10/h9-10,13H,3-8H2,1-2H3,(H,16,17). The lowest BCUT2D eigenvalue weighted by atomic mass is 10.1. The monoisotopic (exact) mass is 274 g/mol. The number of rotatable bonds is 6. The molecule has 0 aromatic heterocycles. The van der Waals surface area contributed by atoms with Gasteiger partial charge in [-0.25, -0.2) is 0 Å². The van der Waals surface area contributed by atoms with E-state index in [1.807, 2.05) is 18.7 Å². The van der Waals surface area contributed by atoms with Gasteiger partial charge in [0.1, 0.15) is 0 Å². The predicted molar refractivity (Wildman–Crippen MR) is 72.8 cm³/mol. The van der Waals surface area contributed by atoms with Crippen molar-refractivity contribution in [3.05, 3.63) is 0 Å². The zero-order valence-corrected chi connectivity index (χ0v) is 11.8. The Hall–Kier alpha value is -0.750. The van der Waals surface area contributed by atoms with E-state index < -0.39 is 11.9 Å². The summed E-state index contributed by atoms with van der Waals surface area (Å²) in [6.45, 7) is 5.32. The molecule has 1 amide bonds. The Kier molecular flexibility index (Phi) is 6.49. The number of carbonyl (C=O) groups excluding carboxylic acids is 1. The van der Waals surface area contributed by atoms with Crippen LogP contribution in [0, 0.1) is 5.92 Å². The fourth-order valence-electron chi connectivity index (χ4n) is 1.91. The van der Waals surface area contributed by atoms with Crippen molar-refractivity contribution in [1.82, 2.24) is 10.2 Å². The smallest absolute Gasteiger partial charge is 0.308 e. The van der Waals surface area contributed by atoms with Gasteiger partial charge in [0.25, 0.3) is 0 Å². The van der Waals surface area contributed by atoms with Crippen molar-refractivity contribution in [3.63, 3.8) is 0 Å². The minimum Gasteiger partial charge on any atom is -0.481 e. The summed E-state index contributed by atoms with van der Waals surface area (Å²) < 4.78 is 0. The number of aliphatic carboxylic acids is 1. The highest BCUT2D eigenvalue weighted by molar-refractivity contribution is 7.99. The lowest BCUT2D eigenvalue weighted by molar-refractivity contribution is -0.143. The summed E-state index contributed by atoms with van der Waals surface area (Å²) in [5.74, 6) is 0.733. The van der Waals surface area contributed by atoms with Gasteiger partial charge in [-0.3, -0.25) is 9.59 Å².